The van der Waals surface area contributed by atoms with E-state index in [1.165, 1.54) is 18.2 Å². The number of aliphatic carboxylic acids is 1. The van der Waals surface area contributed by atoms with E-state index in [0.29, 0.717) is 5.56 Å². The average Bonchev–Trinajstić information content (AvgIpc) is 2.22. The molecule has 1 rings (SSSR count). The second kappa shape index (κ2) is 5.31. The summed E-state index contributed by atoms with van der Waals surface area (Å²) in [5.41, 5.74) is 4.96. The molecule has 16 heavy (non-hydrogen) atoms. The summed E-state index contributed by atoms with van der Waals surface area (Å²) >= 11 is 0. The van der Waals surface area contributed by atoms with E-state index in [2.05, 4.69) is 11.0 Å². The molecule has 1 unspecified atom stereocenters. The minimum absolute atomic E-state index is 0.118. The number of carboxylic acid groups (broad SMARTS) is 1. The highest BCUT2D eigenvalue weighted by molar-refractivity contribution is 5.73. The van der Waals surface area contributed by atoms with Gasteiger partial charge in [-0.3, -0.25) is 10.6 Å². The topological polar surface area (TPSA) is 128 Å². The van der Waals surface area contributed by atoms with Gasteiger partial charge in [0.1, 0.15) is 6.04 Å². The smallest absolute Gasteiger partial charge is 0.322 e. The largest absolute Gasteiger partial charge is 0.504 e. The fourth-order valence-electron chi connectivity index (χ4n) is 1.23. The fourth-order valence-corrected chi connectivity index (χ4v) is 1.23. The predicted molar refractivity (Wildman–Crippen MR) is 55.4 cm³/mol. The summed E-state index contributed by atoms with van der Waals surface area (Å²) < 4.78 is 0. The molecule has 0 amide bonds. The van der Waals surface area contributed by atoms with E-state index in [4.69, 9.17) is 16.1 Å². The normalized spacial score (nSPS) is 12.3. The summed E-state index contributed by atoms with van der Waals surface area (Å²) in [4.78, 5) is 10.8. The van der Waals surface area contributed by atoms with Crippen LogP contribution >= 0.6 is 0 Å². The fraction of sp³-hybridized carbons (Fsp3) is 0.222. The van der Waals surface area contributed by atoms with Crippen molar-refractivity contribution in [3.05, 3.63) is 23.8 Å². The molecule has 0 saturated carbocycles. The molecule has 0 saturated heterocycles. The van der Waals surface area contributed by atoms with Crippen LogP contribution in [0, 0.1) is 0 Å². The Balaban J connectivity index is 2.77. The molecule has 0 heterocycles. The van der Waals surface area contributed by atoms with E-state index < -0.39 is 12.0 Å². The van der Waals surface area contributed by atoms with Crippen molar-refractivity contribution in [3.63, 3.8) is 0 Å². The third-order valence-corrected chi connectivity index (χ3v) is 2.04. The van der Waals surface area contributed by atoms with E-state index >= 15 is 0 Å². The monoisotopic (exact) mass is 227 g/mol. The molecule has 0 radical (unpaired) electrons. The molecule has 0 aromatic heterocycles. The van der Waals surface area contributed by atoms with Gasteiger partial charge in [-0.1, -0.05) is 6.07 Å². The highest BCUT2D eigenvalue weighted by atomic mass is 16.4. The number of rotatable bonds is 5. The Kier molecular flexibility index (Phi) is 4.06. The van der Waals surface area contributed by atoms with E-state index in [0.717, 1.165) is 0 Å². The van der Waals surface area contributed by atoms with Crippen LogP contribution in [0.25, 0.3) is 0 Å². The lowest BCUT2D eigenvalue weighted by atomic mass is 10.1. The Morgan fingerprint density at radius 3 is 2.56 bits per heavy atom. The average molecular weight is 227 g/mol. The lowest BCUT2D eigenvalue weighted by Crippen LogP contribution is -2.49. The van der Waals surface area contributed by atoms with Gasteiger partial charge in [0.05, 0.1) is 0 Å². The molecule has 0 aliphatic heterocycles. The van der Waals surface area contributed by atoms with Gasteiger partial charge in [0.15, 0.2) is 11.5 Å². The van der Waals surface area contributed by atoms with Crippen LogP contribution in [0.4, 0.5) is 0 Å². The number of carboxylic acids is 1. The molecule has 0 fully saturated rings. The molecule has 0 bridgehead atoms. The number of nitrogens with two attached hydrogens (primary N) is 1. The minimum Gasteiger partial charge on any atom is -0.504 e. The molecule has 1 atom stereocenters. The van der Waals surface area contributed by atoms with Gasteiger partial charge >= 0.3 is 5.97 Å². The van der Waals surface area contributed by atoms with Crippen molar-refractivity contribution in [1.29, 1.82) is 0 Å². The molecule has 1 aromatic carbocycles. The van der Waals surface area contributed by atoms with E-state index in [-0.39, 0.29) is 17.9 Å². The van der Waals surface area contributed by atoms with E-state index in [1.807, 2.05) is 0 Å². The molecule has 1 aromatic rings. The van der Waals surface area contributed by atoms with E-state index in [1.54, 1.807) is 0 Å². The van der Waals surface area contributed by atoms with Crippen LogP contribution in [-0.2, 0) is 11.2 Å². The number of carbonyl (C=O) groups is 1. The van der Waals surface area contributed by atoms with Gasteiger partial charge < -0.3 is 15.3 Å². The van der Waals surface area contributed by atoms with Crippen molar-refractivity contribution in [2.75, 3.05) is 0 Å². The van der Waals surface area contributed by atoms with Gasteiger partial charge in [0, 0.05) is 0 Å². The Hall–Kier alpha value is -1.83. The highest BCUT2D eigenvalue weighted by Gasteiger charge is 2.17. The standard InChI is InChI=1S/C9H13N3O4/c10-12-11-6(9(15)16)3-5-1-2-7(13)8(14)4-5/h1-2,4,6,11-14H,3,10H2,(H,15,16). The number of benzene rings is 1. The number of hydrogen-bond donors (Lipinski definition) is 6. The molecular weight excluding hydrogens is 214 g/mol. The Morgan fingerprint density at radius 2 is 2.06 bits per heavy atom. The molecule has 7 N–H and O–H groups in total. The lowest BCUT2D eigenvalue weighted by Gasteiger charge is -2.13. The van der Waals surface area contributed by atoms with Gasteiger partial charge in [-0.25, -0.2) is 5.43 Å². The van der Waals surface area contributed by atoms with Crippen LogP contribution in [0.3, 0.4) is 0 Å². The Bertz CT molecular complexity index is 383. The van der Waals surface area contributed by atoms with Gasteiger partial charge in [-0.15, -0.1) is 0 Å². The van der Waals surface area contributed by atoms with Crippen molar-refractivity contribution < 1.29 is 20.1 Å². The zero-order valence-electron chi connectivity index (χ0n) is 8.34. The molecule has 7 heteroatoms. The molecule has 7 nitrogen and oxygen atoms in total. The number of nitrogens with one attached hydrogen (secondary N) is 2. The number of phenols is 2. The van der Waals surface area contributed by atoms with Crippen molar-refractivity contribution in [1.82, 2.24) is 11.0 Å². The van der Waals surface area contributed by atoms with Gasteiger partial charge in [-0.2, -0.15) is 5.53 Å². The highest BCUT2D eigenvalue weighted by Crippen LogP contribution is 2.25. The zero-order valence-corrected chi connectivity index (χ0v) is 8.34. The Morgan fingerprint density at radius 1 is 1.38 bits per heavy atom. The lowest BCUT2D eigenvalue weighted by molar-refractivity contribution is -0.139. The second-order valence-corrected chi connectivity index (χ2v) is 3.21. The first kappa shape index (κ1) is 12.2. The van der Waals surface area contributed by atoms with Gasteiger partial charge in [0.2, 0.25) is 0 Å². The quantitative estimate of drug-likeness (QED) is 0.218. The van der Waals surface area contributed by atoms with Crippen molar-refractivity contribution >= 4 is 5.97 Å². The van der Waals surface area contributed by atoms with Gasteiger partial charge in [0.25, 0.3) is 0 Å². The van der Waals surface area contributed by atoms with Crippen molar-refractivity contribution in [2.45, 2.75) is 12.5 Å². The summed E-state index contributed by atoms with van der Waals surface area (Å²) in [6.45, 7) is 0. The summed E-state index contributed by atoms with van der Waals surface area (Å²) in [5, 5.41) is 27.1. The zero-order chi connectivity index (χ0) is 12.1. The second-order valence-electron chi connectivity index (χ2n) is 3.21. The van der Waals surface area contributed by atoms with E-state index in [9.17, 15) is 9.90 Å². The molecule has 0 aliphatic rings. The van der Waals surface area contributed by atoms with Crippen molar-refractivity contribution in [2.24, 2.45) is 5.84 Å². The first-order valence-corrected chi connectivity index (χ1v) is 4.49. The maximum absolute atomic E-state index is 10.8. The maximum atomic E-state index is 10.8. The van der Waals surface area contributed by atoms with Crippen LogP contribution in [0.15, 0.2) is 18.2 Å². The number of hydrazine groups is 2. The molecule has 0 aliphatic carbocycles. The Labute approximate surface area is 91.5 Å². The molecule has 88 valence electrons. The summed E-state index contributed by atoms with van der Waals surface area (Å²) in [5.74, 6) is 3.34. The maximum Gasteiger partial charge on any atom is 0.322 e. The van der Waals surface area contributed by atoms with Gasteiger partial charge in [-0.05, 0) is 24.1 Å². The number of hydrogen-bond acceptors (Lipinski definition) is 6. The number of aromatic hydroxyl groups is 2. The summed E-state index contributed by atoms with van der Waals surface area (Å²) in [7, 11) is 0. The van der Waals surface area contributed by atoms with Crippen LogP contribution in [0.5, 0.6) is 11.5 Å². The van der Waals surface area contributed by atoms with Crippen LogP contribution in [0.1, 0.15) is 5.56 Å². The molecular formula is C9H13N3O4. The first-order valence-electron chi connectivity index (χ1n) is 4.49. The first-order chi connectivity index (χ1) is 7.54. The van der Waals surface area contributed by atoms with Crippen molar-refractivity contribution in [3.8, 4) is 11.5 Å². The number of phenolic OH excluding ortho intramolecular Hbond substituents is 2. The predicted octanol–water partition coefficient (Wildman–Crippen LogP) is -0.939. The summed E-state index contributed by atoms with van der Waals surface area (Å²) in [6, 6.07) is 3.18. The SMILES string of the molecule is NNNC(Cc1ccc(O)c(O)c1)C(=O)O. The van der Waals surface area contributed by atoms with Crippen LogP contribution in [-0.4, -0.2) is 27.3 Å². The third-order valence-electron chi connectivity index (χ3n) is 2.04. The third kappa shape index (κ3) is 3.09. The minimum atomic E-state index is -1.08. The van der Waals surface area contributed by atoms with Crippen LogP contribution in [0.2, 0.25) is 0 Å². The molecule has 0 spiro atoms. The van der Waals surface area contributed by atoms with Crippen LogP contribution < -0.4 is 16.8 Å². The summed E-state index contributed by atoms with van der Waals surface area (Å²) in [6.07, 6.45) is 0.118.